The van der Waals surface area contributed by atoms with Crippen molar-refractivity contribution in [2.75, 3.05) is 0 Å². The van der Waals surface area contributed by atoms with Gasteiger partial charge in [0.2, 0.25) is 0 Å². The van der Waals surface area contributed by atoms with E-state index in [1.165, 1.54) is 30.5 Å². The molecule has 0 atom stereocenters. The maximum absolute atomic E-state index is 12.7. The third-order valence-electron chi connectivity index (χ3n) is 2.24. The molecule has 0 saturated carbocycles. The van der Waals surface area contributed by atoms with Crippen LogP contribution in [0.3, 0.4) is 0 Å². The van der Waals surface area contributed by atoms with Crippen LogP contribution in [0, 0.1) is 12.7 Å². The molecule has 2 aromatic rings. The number of hydrogen-bond donors (Lipinski definition) is 0. The van der Waals surface area contributed by atoms with E-state index >= 15 is 0 Å². The predicted molar refractivity (Wildman–Crippen MR) is 58.8 cm³/mol. The lowest BCUT2D eigenvalue weighted by Crippen LogP contribution is -2.02. The lowest BCUT2D eigenvalue weighted by atomic mass is 10.0. The standard InChI is InChI=1S/C13H10FNO/c1-9-6-11(8-15-7-9)13(16)10-2-4-12(14)5-3-10/h2-8H,1H3. The topological polar surface area (TPSA) is 30.0 Å². The van der Waals surface area contributed by atoms with Crippen molar-refractivity contribution in [1.29, 1.82) is 0 Å². The number of hydrogen-bond acceptors (Lipinski definition) is 2. The van der Waals surface area contributed by atoms with Crippen molar-refractivity contribution >= 4 is 5.78 Å². The number of aryl methyl sites for hydroxylation is 1. The average molecular weight is 215 g/mol. The Labute approximate surface area is 92.8 Å². The number of halogens is 1. The molecule has 0 aliphatic carbocycles. The van der Waals surface area contributed by atoms with Gasteiger partial charge in [0, 0.05) is 23.5 Å². The molecule has 0 unspecified atom stereocenters. The molecule has 80 valence electrons. The number of pyridine rings is 1. The van der Waals surface area contributed by atoms with Gasteiger partial charge < -0.3 is 0 Å². The Balaban J connectivity index is 2.35. The monoisotopic (exact) mass is 215 g/mol. The molecule has 16 heavy (non-hydrogen) atoms. The number of ketones is 1. The minimum absolute atomic E-state index is 0.142. The van der Waals surface area contributed by atoms with Crippen LogP contribution < -0.4 is 0 Å². The first-order chi connectivity index (χ1) is 7.66. The highest BCUT2D eigenvalue weighted by atomic mass is 19.1. The SMILES string of the molecule is Cc1cncc(C(=O)c2ccc(F)cc2)c1. The highest BCUT2D eigenvalue weighted by Crippen LogP contribution is 2.10. The molecule has 0 aliphatic heterocycles. The van der Waals surface area contributed by atoms with Crippen molar-refractivity contribution in [1.82, 2.24) is 4.98 Å². The molecular weight excluding hydrogens is 205 g/mol. The Morgan fingerprint density at radius 1 is 1.12 bits per heavy atom. The van der Waals surface area contributed by atoms with Crippen LogP contribution in [0.15, 0.2) is 42.7 Å². The fourth-order valence-corrected chi connectivity index (χ4v) is 1.45. The van der Waals surface area contributed by atoms with Gasteiger partial charge in [0.1, 0.15) is 5.82 Å². The van der Waals surface area contributed by atoms with E-state index in [1.54, 1.807) is 12.3 Å². The molecule has 0 amide bonds. The summed E-state index contributed by atoms with van der Waals surface area (Å²) in [7, 11) is 0. The van der Waals surface area contributed by atoms with Crippen LogP contribution in [-0.2, 0) is 0 Å². The number of nitrogens with zero attached hydrogens (tertiary/aromatic N) is 1. The van der Waals surface area contributed by atoms with Crippen LogP contribution in [0.4, 0.5) is 4.39 Å². The van der Waals surface area contributed by atoms with E-state index in [-0.39, 0.29) is 11.6 Å². The van der Waals surface area contributed by atoms with Crippen molar-refractivity contribution < 1.29 is 9.18 Å². The van der Waals surface area contributed by atoms with Crippen molar-refractivity contribution in [3.05, 3.63) is 65.2 Å². The van der Waals surface area contributed by atoms with Gasteiger partial charge in [-0.05, 0) is 42.8 Å². The Morgan fingerprint density at radius 3 is 2.44 bits per heavy atom. The van der Waals surface area contributed by atoms with E-state index in [9.17, 15) is 9.18 Å². The third kappa shape index (κ3) is 2.14. The Bertz CT molecular complexity index is 520. The van der Waals surface area contributed by atoms with Crippen LogP contribution in [0.1, 0.15) is 21.5 Å². The summed E-state index contributed by atoms with van der Waals surface area (Å²) in [5, 5.41) is 0. The van der Waals surface area contributed by atoms with Crippen molar-refractivity contribution in [2.24, 2.45) is 0 Å². The molecule has 0 saturated heterocycles. The highest BCUT2D eigenvalue weighted by molar-refractivity contribution is 6.08. The van der Waals surface area contributed by atoms with Crippen LogP contribution in [-0.4, -0.2) is 10.8 Å². The van der Waals surface area contributed by atoms with Crippen molar-refractivity contribution in [3.63, 3.8) is 0 Å². The van der Waals surface area contributed by atoms with Crippen molar-refractivity contribution in [3.8, 4) is 0 Å². The van der Waals surface area contributed by atoms with Gasteiger partial charge >= 0.3 is 0 Å². The van der Waals surface area contributed by atoms with Crippen LogP contribution >= 0.6 is 0 Å². The van der Waals surface area contributed by atoms with Crippen LogP contribution in [0.2, 0.25) is 0 Å². The van der Waals surface area contributed by atoms with E-state index in [1.807, 2.05) is 6.92 Å². The second kappa shape index (κ2) is 4.23. The van der Waals surface area contributed by atoms with Gasteiger partial charge in [-0.2, -0.15) is 0 Å². The zero-order chi connectivity index (χ0) is 11.5. The second-order valence-corrected chi connectivity index (χ2v) is 3.59. The largest absolute Gasteiger partial charge is 0.289 e. The molecule has 0 N–H and O–H groups in total. The van der Waals surface area contributed by atoms with Crippen LogP contribution in [0.25, 0.3) is 0 Å². The number of rotatable bonds is 2. The first-order valence-electron chi connectivity index (χ1n) is 4.89. The molecule has 0 spiro atoms. The summed E-state index contributed by atoms with van der Waals surface area (Å²) in [5.41, 5.74) is 1.91. The first-order valence-corrected chi connectivity index (χ1v) is 4.89. The van der Waals surface area contributed by atoms with E-state index < -0.39 is 0 Å². The highest BCUT2D eigenvalue weighted by Gasteiger charge is 2.09. The van der Waals surface area contributed by atoms with Crippen molar-refractivity contribution in [2.45, 2.75) is 6.92 Å². The van der Waals surface area contributed by atoms with Gasteiger partial charge in [0.15, 0.2) is 5.78 Å². The number of benzene rings is 1. The first kappa shape index (κ1) is 10.5. The van der Waals surface area contributed by atoms with Gasteiger partial charge in [0.05, 0.1) is 0 Å². The fraction of sp³-hybridized carbons (Fsp3) is 0.0769. The summed E-state index contributed by atoms with van der Waals surface area (Å²) in [6.45, 7) is 1.87. The number of carbonyl (C=O) groups is 1. The van der Waals surface area contributed by atoms with Gasteiger partial charge in [-0.1, -0.05) is 0 Å². The summed E-state index contributed by atoms with van der Waals surface area (Å²) < 4.78 is 12.7. The molecule has 3 heteroatoms. The predicted octanol–water partition coefficient (Wildman–Crippen LogP) is 2.76. The molecule has 1 heterocycles. The Morgan fingerprint density at radius 2 is 1.81 bits per heavy atom. The maximum atomic E-state index is 12.7. The molecule has 2 nitrogen and oxygen atoms in total. The third-order valence-corrected chi connectivity index (χ3v) is 2.24. The van der Waals surface area contributed by atoms with Crippen LogP contribution in [0.5, 0.6) is 0 Å². The lowest BCUT2D eigenvalue weighted by molar-refractivity contribution is 0.103. The maximum Gasteiger partial charge on any atom is 0.194 e. The quantitative estimate of drug-likeness (QED) is 0.721. The van der Waals surface area contributed by atoms with Gasteiger partial charge in [-0.15, -0.1) is 0 Å². The summed E-state index contributed by atoms with van der Waals surface area (Å²) >= 11 is 0. The fourth-order valence-electron chi connectivity index (χ4n) is 1.45. The van der Waals surface area contributed by atoms with Gasteiger partial charge in [0.25, 0.3) is 0 Å². The molecule has 1 aromatic carbocycles. The smallest absolute Gasteiger partial charge is 0.194 e. The molecule has 0 bridgehead atoms. The van der Waals surface area contributed by atoms with E-state index in [0.717, 1.165) is 5.56 Å². The zero-order valence-electron chi connectivity index (χ0n) is 8.77. The molecule has 0 radical (unpaired) electrons. The summed E-state index contributed by atoms with van der Waals surface area (Å²) in [5.74, 6) is -0.491. The minimum atomic E-state index is -0.348. The Hall–Kier alpha value is -2.03. The van der Waals surface area contributed by atoms with E-state index in [2.05, 4.69) is 4.98 Å². The summed E-state index contributed by atoms with van der Waals surface area (Å²) in [6, 6.07) is 7.26. The normalized spacial score (nSPS) is 10.1. The second-order valence-electron chi connectivity index (χ2n) is 3.59. The molecule has 0 aliphatic rings. The van der Waals surface area contributed by atoms with Gasteiger partial charge in [-0.25, -0.2) is 4.39 Å². The summed E-state index contributed by atoms with van der Waals surface area (Å²) in [4.78, 5) is 15.9. The molecular formula is C13H10FNO. The lowest BCUT2D eigenvalue weighted by Gasteiger charge is -2.01. The van der Waals surface area contributed by atoms with Gasteiger partial charge in [-0.3, -0.25) is 9.78 Å². The van der Waals surface area contributed by atoms with E-state index in [4.69, 9.17) is 0 Å². The number of aromatic nitrogens is 1. The Kier molecular flexibility index (Phi) is 2.77. The summed E-state index contributed by atoms with van der Waals surface area (Å²) in [6.07, 6.45) is 3.19. The average Bonchev–Trinajstić information content (AvgIpc) is 2.29. The zero-order valence-corrected chi connectivity index (χ0v) is 8.77. The minimum Gasteiger partial charge on any atom is -0.289 e. The number of carbonyl (C=O) groups excluding carboxylic acids is 1. The molecule has 2 rings (SSSR count). The molecule has 0 fully saturated rings. The van der Waals surface area contributed by atoms with E-state index in [0.29, 0.717) is 11.1 Å². The molecule has 1 aromatic heterocycles.